The fraction of sp³-hybridized carbons (Fsp3) is 0.292. The Morgan fingerprint density at radius 1 is 1.12 bits per heavy atom. The zero-order valence-electron chi connectivity index (χ0n) is 17.8. The monoisotopic (exact) mass is 451 g/mol. The van der Waals surface area contributed by atoms with Gasteiger partial charge in [0.25, 0.3) is 5.91 Å². The minimum absolute atomic E-state index is 0.0616. The first-order valence-corrected chi connectivity index (χ1v) is 10.9. The molecule has 0 radical (unpaired) electrons. The number of piperidine rings is 1. The van der Waals surface area contributed by atoms with E-state index in [4.69, 9.17) is 0 Å². The van der Waals surface area contributed by atoms with Crippen molar-refractivity contribution in [3.8, 4) is 11.3 Å². The Morgan fingerprint density at radius 2 is 1.91 bits per heavy atom. The lowest BCUT2D eigenvalue weighted by atomic mass is 9.81. The predicted molar refractivity (Wildman–Crippen MR) is 114 cm³/mol. The van der Waals surface area contributed by atoms with Crippen LogP contribution in [-0.4, -0.2) is 36.0 Å². The molecule has 0 N–H and O–H groups in total. The van der Waals surface area contributed by atoms with Gasteiger partial charge in [0.2, 0.25) is 0 Å². The van der Waals surface area contributed by atoms with Crippen LogP contribution in [0.2, 0.25) is 0 Å². The summed E-state index contributed by atoms with van der Waals surface area (Å²) in [4.78, 5) is 19.8. The van der Waals surface area contributed by atoms with Crippen molar-refractivity contribution in [3.63, 3.8) is 0 Å². The number of nitrogens with zero attached hydrogens (tertiary/aromatic N) is 5. The summed E-state index contributed by atoms with van der Waals surface area (Å²) in [7, 11) is 1.70. The van der Waals surface area contributed by atoms with Gasteiger partial charge in [-0.05, 0) is 43.9 Å². The molecule has 2 aliphatic rings. The maximum Gasteiger partial charge on any atom is 0.256 e. The van der Waals surface area contributed by atoms with Gasteiger partial charge in [-0.15, -0.1) is 0 Å². The van der Waals surface area contributed by atoms with Crippen molar-refractivity contribution in [2.75, 3.05) is 0 Å². The largest absolute Gasteiger partial charge is 0.327 e. The molecular weight excluding hydrogens is 431 g/mol. The molecule has 9 heteroatoms. The summed E-state index contributed by atoms with van der Waals surface area (Å²) in [5.74, 6) is -4.03. The van der Waals surface area contributed by atoms with E-state index in [9.17, 15) is 18.0 Å². The van der Waals surface area contributed by atoms with Gasteiger partial charge in [-0.1, -0.05) is 0 Å². The number of hydrogen-bond donors (Lipinski definition) is 0. The van der Waals surface area contributed by atoms with Crippen LogP contribution in [0.1, 0.15) is 46.9 Å². The third-order valence-electron chi connectivity index (χ3n) is 6.86. The Balaban J connectivity index is 1.45. The Labute approximate surface area is 187 Å². The van der Waals surface area contributed by atoms with Crippen LogP contribution in [-0.2, 0) is 13.5 Å². The summed E-state index contributed by atoms with van der Waals surface area (Å²) < 4.78 is 44.9. The third kappa shape index (κ3) is 2.91. The summed E-state index contributed by atoms with van der Waals surface area (Å²) in [5.41, 5.74) is 3.73. The lowest BCUT2D eigenvalue weighted by molar-refractivity contribution is 0.0394. The highest BCUT2D eigenvalue weighted by molar-refractivity contribution is 6.01. The van der Waals surface area contributed by atoms with Crippen LogP contribution in [0.5, 0.6) is 0 Å². The molecule has 1 saturated heterocycles. The molecule has 0 unspecified atom stereocenters. The SMILES string of the molecule is Cn1nc2c(c1-c1cc(F)c(F)c(F)c1)C[C@@H]1CCC[C@H]2N1C(=O)c1ccn2ccncc12. The maximum absolute atomic E-state index is 14.0. The van der Waals surface area contributed by atoms with Gasteiger partial charge in [0.1, 0.15) is 0 Å². The minimum atomic E-state index is -1.49. The summed E-state index contributed by atoms with van der Waals surface area (Å²) in [6.45, 7) is 0. The van der Waals surface area contributed by atoms with Crippen molar-refractivity contribution in [3.05, 3.63) is 77.3 Å². The van der Waals surface area contributed by atoms with Crippen LogP contribution >= 0.6 is 0 Å². The molecule has 33 heavy (non-hydrogen) atoms. The number of aromatic nitrogens is 4. The van der Waals surface area contributed by atoms with Crippen molar-refractivity contribution >= 4 is 11.4 Å². The average Bonchev–Trinajstić information content (AvgIpc) is 3.37. The topological polar surface area (TPSA) is 55.4 Å². The second-order valence-corrected chi connectivity index (χ2v) is 8.71. The molecule has 2 bridgehead atoms. The fourth-order valence-electron chi connectivity index (χ4n) is 5.47. The number of rotatable bonds is 2. The van der Waals surface area contributed by atoms with Crippen molar-refractivity contribution in [1.29, 1.82) is 0 Å². The number of carbonyl (C=O) groups is 1. The van der Waals surface area contributed by atoms with E-state index in [0.29, 0.717) is 17.7 Å². The molecule has 1 aromatic carbocycles. The maximum atomic E-state index is 14.0. The molecule has 5 heterocycles. The van der Waals surface area contributed by atoms with Crippen molar-refractivity contribution in [2.24, 2.45) is 7.05 Å². The average molecular weight is 451 g/mol. The quantitative estimate of drug-likeness (QED) is 0.424. The Morgan fingerprint density at radius 3 is 2.70 bits per heavy atom. The first-order chi connectivity index (χ1) is 15.9. The van der Waals surface area contributed by atoms with E-state index in [1.54, 1.807) is 36.4 Å². The van der Waals surface area contributed by atoms with Crippen molar-refractivity contribution in [2.45, 2.75) is 37.8 Å². The molecule has 3 aromatic heterocycles. The smallest absolute Gasteiger partial charge is 0.256 e. The summed E-state index contributed by atoms with van der Waals surface area (Å²) >= 11 is 0. The van der Waals surface area contributed by atoms with Gasteiger partial charge in [-0.2, -0.15) is 5.10 Å². The highest BCUT2D eigenvalue weighted by atomic mass is 19.2. The lowest BCUT2D eigenvalue weighted by Gasteiger charge is -2.45. The highest BCUT2D eigenvalue weighted by Crippen LogP contribution is 2.45. The number of halogens is 3. The molecule has 1 fully saturated rings. The Hall–Kier alpha value is -3.62. The summed E-state index contributed by atoms with van der Waals surface area (Å²) in [5, 5.41) is 4.67. The molecule has 1 amide bonds. The van der Waals surface area contributed by atoms with Gasteiger partial charge >= 0.3 is 0 Å². The van der Waals surface area contributed by atoms with Gasteiger partial charge in [-0.25, -0.2) is 13.2 Å². The molecule has 6 nitrogen and oxygen atoms in total. The van der Waals surface area contributed by atoms with E-state index in [0.717, 1.165) is 48.2 Å². The van der Waals surface area contributed by atoms with E-state index < -0.39 is 17.5 Å². The zero-order chi connectivity index (χ0) is 22.9. The molecule has 0 saturated carbocycles. The highest BCUT2D eigenvalue weighted by Gasteiger charge is 2.44. The summed E-state index contributed by atoms with van der Waals surface area (Å²) in [6.07, 6.45) is 10.0. The van der Waals surface area contributed by atoms with E-state index in [1.807, 2.05) is 15.5 Å². The lowest BCUT2D eigenvalue weighted by Crippen LogP contribution is -2.49. The molecule has 6 rings (SSSR count). The van der Waals surface area contributed by atoms with E-state index in [-0.39, 0.29) is 23.6 Å². The van der Waals surface area contributed by atoms with Crippen molar-refractivity contribution in [1.82, 2.24) is 24.1 Å². The van der Waals surface area contributed by atoms with Crippen LogP contribution in [0.4, 0.5) is 13.2 Å². The van der Waals surface area contributed by atoms with Crippen LogP contribution in [0, 0.1) is 17.5 Å². The second-order valence-electron chi connectivity index (χ2n) is 8.71. The van der Waals surface area contributed by atoms with Crippen LogP contribution in [0.25, 0.3) is 16.8 Å². The Bertz CT molecular complexity index is 1400. The predicted octanol–water partition coefficient (Wildman–Crippen LogP) is 4.44. The standard InChI is InChI=1S/C24H20F3N5O/c1-30-23(13-9-17(25)21(27)18(26)10-13)16-11-14-3-2-4-19(22(16)29-30)32(14)24(33)15-5-7-31-8-6-28-12-20(15)31/h5-10,12,14,19H,2-4,11H2,1H3/t14-,19+/m0/s1. The number of aryl methyl sites for hydroxylation is 1. The third-order valence-corrected chi connectivity index (χ3v) is 6.86. The number of fused-ring (bicyclic) bond motifs is 5. The van der Waals surface area contributed by atoms with Gasteiger partial charge in [0.05, 0.1) is 34.7 Å². The van der Waals surface area contributed by atoms with Gasteiger partial charge in [0.15, 0.2) is 17.5 Å². The second kappa shape index (κ2) is 7.19. The van der Waals surface area contributed by atoms with Crippen LogP contribution in [0.15, 0.2) is 43.0 Å². The molecular formula is C24H20F3N5O. The molecule has 0 aliphatic carbocycles. The molecule has 4 aromatic rings. The number of carbonyl (C=O) groups excluding carboxylic acids is 1. The Kier molecular flexibility index (Phi) is 4.36. The fourth-order valence-corrected chi connectivity index (χ4v) is 5.47. The normalized spacial score (nSPS) is 19.7. The van der Waals surface area contributed by atoms with Crippen LogP contribution < -0.4 is 0 Å². The molecule has 2 atom stereocenters. The van der Waals surface area contributed by atoms with Gasteiger partial charge in [0, 0.05) is 42.8 Å². The number of amides is 1. The first kappa shape index (κ1) is 20.0. The molecule has 0 spiro atoms. The molecule has 2 aliphatic heterocycles. The minimum Gasteiger partial charge on any atom is -0.327 e. The van der Waals surface area contributed by atoms with E-state index in [1.165, 1.54) is 0 Å². The van der Waals surface area contributed by atoms with E-state index >= 15 is 0 Å². The van der Waals surface area contributed by atoms with Gasteiger partial charge in [-0.3, -0.25) is 14.5 Å². The first-order valence-electron chi connectivity index (χ1n) is 10.9. The molecule has 168 valence electrons. The number of hydrogen-bond acceptors (Lipinski definition) is 3. The van der Waals surface area contributed by atoms with E-state index in [2.05, 4.69) is 10.1 Å². The van der Waals surface area contributed by atoms with Crippen molar-refractivity contribution < 1.29 is 18.0 Å². The van der Waals surface area contributed by atoms with Crippen LogP contribution in [0.3, 0.4) is 0 Å². The van der Waals surface area contributed by atoms with Gasteiger partial charge < -0.3 is 9.30 Å². The summed E-state index contributed by atoms with van der Waals surface area (Å²) in [6, 6.07) is 3.51. The zero-order valence-corrected chi connectivity index (χ0v) is 17.8. The number of benzene rings is 1.